The number of nitrogens with one attached hydrogen (secondary N) is 2. The minimum Gasteiger partial charge on any atom is -0.466 e. The second kappa shape index (κ2) is 9.91. The van der Waals surface area contributed by atoms with E-state index in [0.29, 0.717) is 25.4 Å². The molecule has 142 valence electrons. The van der Waals surface area contributed by atoms with Gasteiger partial charge in [-0.3, -0.25) is 19.3 Å². The minimum atomic E-state index is -0.679. The number of unbranched alkanes of at least 4 members (excludes halogenated alkanes) is 1. The Morgan fingerprint density at radius 2 is 2.04 bits per heavy atom. The molecule has 1 heterocycles. The van der Waals surface area contributed by atoms with Crippen LogP contribution in [0.3, 0.4) is 0 Å². The Hall–Kier alpha value is -2.41. The Bertz CT molecular complexity index is 630. The van der Waals surface area contributed by atoms with Crippen LogP contribution in [0.5, 0.6) is 0 Å². The van der Waals surface area contributed by atoms with Crippen molar-refractivity contribution < 1.29 is 19.1 Å². The van der Waals surface area contributed by atoms with E-state index in [2.05, 4.69) is 10.6 Å². The maximum absolute atomic E-state index is 12.3. The van der Waals surface area contributed by atoms with Crippen LogP contribution in [-0.2, 0) is 19.1 Å². The van der Waals surface area contributed by atoms with Crippen LogP contribution in [0.2, 0.25) is 0 Å². The quantitative estimate of drug-likeness (QED) is 0.541. The minimum absolute atomic E-state index is 0.0483. The van der Waals surface area contributed by atoms with E-state index in [0.717, 1.165) is 18.4 Å². The Kier molecular flexibility index (Phi) is 7.59. The summed E-state index contributed by atoms with van der Waals surface area (Å²) < 4.78 is 5.15. The summed E-state index contributed by atoms with van der Waals surface area (Å²) in [5.41, 5.74) is 1.81. The highest BCUT2D eigenvalue weighted by molar-refractivity contribution is 5.93. The van der Waals surface area contributed by atoms with Gasteiger partial charge in [0, 0.05) is 18.8 Å². The Morgan fingerprint density at radius 1 is 1.31 bits per heavy atom. The van der Waals surface area contributed by atoms with Gasteiger partial charge in [-0.2, -0.15) is 0 Å². The number of aryl methyl sites for hydroxylation is 1. The molecule has 0 aliphatic carbocycles. The van der Waals surface area contributed by atoms with Gasteiger partial charge in [0.25, 0.3) is 0 Å². The van der Waals surface area contributed by atoms with Crippen LogP contribution in [0.4, 0.5) is 5.69 Å². The fourth-order valence-electron chi connectivity index (χ4n) is 2.74. The Morgan fingerprint density at radius 3 is 2.73 bits per heavy atom. The molecule has 1 aromatic carbocycles. The average molecular weight is 361 g/mol. The molecule has 0 bridgehead atoms. The first-order valence-electron chi connectivity index (χ1n) is 9.03. The van der Waals surface area contributed by atoms with Gasteiger partial charge in [0.2, 0.25) is 11.8 Å². The third kappa shape index (κ3) is 6.15. The first-order chi connectivity index (χ1) is 12.5. The normalized spacial score (nSPS) is 17.5. The molecule has 1 aliphatic heterocycles. The molecule has 1 fully saturated rings. The molecule has 7 heteroatoms. The predicted octanol–water partition coefficient (Wildman–Crippen LogP) is 1.47. The number of nitrogens with zero attached hydrogens (tertiary/aromatic N) is 1. The molecule has 1 aliphatic rings. The lowest BCUT2D eigenvalue weighted by atomic mass is 10.1. The number of hydrogen-bond acceptors (Lipinski definition) is 5. The van der Waals surface area contributed by atoms with Crippen LogP contribution in [0.25, 0.3) is 0 Å². The van der Waals surface area contributed by atoms with Crippen LogP contribution in [0.15, 0.2) is 24.3 Å². The molecule has 0 saturated carbocycles. The van der Waals surface area contributed by atoms with E-state index in [1.54, 1.807) is 4.90 Å². The average Bonchev–Trinajstić information content (AvgIpc) is 2.60. The summed E-state index contributed by atoms with van der Waals surface area (Å²) in [5, 5.41) is 5.56. The third-order valence-corrected chi connectivity index (χ3v) is 4.24. The molecular weight excluding hydrogens is 334 g/mol. The number of hydrogen-bond donors (Lipinski definition) is 2. The van der Waals surface area contributed by atoms with Crippen molar-refractivity contribution in [2.45, 2.75) is 39.2 Å². The molecule has 2 amide bonds. The van der Waals surface area contributed by atoms with Gasteiger partial charge in [-0.05, 0) is 25.5 Å². The SMILES string of the molecule is CCCCOC(=O)CC1C(=O)NCCN1CC(=O)Nc1ccc(C)cc1. The van der Waals surface area contributed by atoms with Gasteiger partial charge in [-0.15, -0.1) is 0 Å². The number of carbonyl (C=O) groups excluding carboxylic acids is 3. The number of ether oxygens (including phenoxy) is 1. The van der Waals surface area contributed by atoms with Gasteiger partial charge in [-0.1, -0.05) is 31.0 Å². The zero-order valence-corrected chi connectivity index (χ0v) is 15.4. The lowest BCUT2D eigenvalue weighted by Gasteiger charge is -2.33. The van der Waals surface area contributed by atoms with Gasteiger partial charge in [0.1, 0.15) is 6.04 Å². The highest BCUT2D eigenvalue weighted by Gasteiger charge is 2.33. The number of amides is 2. The third-order valence-electron chi connectivity index (χ3n) is 4.24. The molecule has 0 aromatic heterocycles. The first-order valence-corrected chi connectivity index (χ1v) is 9.03. The van der Waals surface area contributed by atoms with Crippen molar-refractivity contribution in [2.75, 3.05) is 31.6 Å². The first kappa shape index (κ1) is 19.9. The van der Waals surface area contributed by atoms with Gasteiger partial charge in [0.15, 0.2) is 0 Å². The standard InChI is InChI=1S/C19H27N3O4/c1-3-4-11-26-18(24)12-16-19(25)20-9-10-22(16)13-17(23)21-15-7-5-14(2)6-8-15/h5-8,16H,3-4,9-13H2,1-2H3,(H,20,25)(H,21,23). The zero-order chi connectivity index (χ0) is 18.9. The number of carbonyl (C=O) groups is 3. The highest BCUT2D eigenvalue weighted by atomic mass is 16.5. The fourth-order valence-corrected chi connectivity index (χ4v) is 2.74. The summed E-state index contributed by atoms with van der Waals surface area (Å²) in [4.78, 5) is 38.2. The van der Waals surface area contributed by atoms with Crippen molar-refractivity contribution in [1.29, 1.82) is 0 Å². The van der Waals surface area contributed by atoms with Gasteiger partial charge < -0.3 is 15.4 Å². The van der Waals surface area contributed by atoms with Crippen LogP contribution >= 0.6 is 0 Å². The van der Waals surface area contributed by atoms with E-state index in [1.165, 1.54) is 0 Å². The number of rotatable bonds is 8. The molecule has 1 saturated heterocycles. The molecule has 0 radical (unpaired) electrons. The summed E-state index contributed by atoms with van der Waals surface area (Å²) in [7, 11) is 0. The van der Waals surface area contributed by atoms with E-state index in [9.17, 15) is 14.4 Å². The van der Waals surface area contributed by atoms with E-state index >= 15 is 0 Å². The van der Waals surface area contributed by atoms with Gasteiger partial charge in [0.05, 0.1) is 19.6 Å². The lowest BCUT2D eigenvalue weighted by molar-refractivity contribution is -0.149. The van der Waals surface area contributed by atoms with E-state index in [4.69, 9.17) is 4.74 Å². The number of benzene rings is 1. The molecule has 1 aromatic rings. The second-order valence-corrected chi connectivity index (χ2v) is 6.47. The largest absolute Gasteiger partial charge is 0.466 e. The van der Waals surface area contributed by atoms with E-state index in [-0.39, 0.29) is 24.8 Å². The van der Waals surface area contributed by atoms with Crippen LogP contribution in [0.1, 0.15) is 31.7 Å². The van der Waals surface area contributed by atoms with Gasteiger partial charge in [-0.25, -0.2) is 0 Å². The van der Waals surface area contributed by atoms with Crippen LogP contribution in [-0.4, -0.2) is 55.0 Å². The summed E-state index contributed by atoms with van der Waals surface area (Å²) >= 11 is 0. The van der Waals surface area contributed by atoms with E-state index in [1.807, 2.05) is 38.1 Å². The second-order valence-electron chi connectivity index (χ2n) is 6.47. The fraction of sp³-hybridized carbons (Fsp3) is 0.526. The molecular formula is C19H27N3O4. The maximum atomic E-state index is 12.3. The molecule has 26 heavy (non-hydrogen) atoms. The van der Waals surface area contributed by atoms with Crippen molar-refractivity contribution in [3.63, 3.8) is 0 Å². The van der Waals surface area contributed by atoms with Crippen molar-refractivity contribution in [2.24, 2.45) is 0 Å². The summed E-state index contributed by atoms with van der Waals surface area (Å²) in [6.07, 6.45) is 1.68. The molecule has 1 atom stereocenters. The van der Waals surface area contributed by atoms with Crippen molar-refractivity contribution >= 4 is 23.5 Å². The molecule has 0 spiro atoms. The Labute approximate surface area is 154 Å². The van der Waals surface area contributed by atoms with Crippen molar-refractivity contribution in [3.05, 3.63) is 29.8 Å². The number of anilines is 1. The topological polar surface area (TPSA) is 87.7 Å². The van der Waals surface area contributed by atoms with Crippen LogP contribution in [0, 0.1) is 6.92 Å². The summed E-state index contributed by atoms with van der Waals surface area (Å²) in [6.45, 7) is 5.36. The predicted molar refractivity (Wildman–Crippen MR) is 98.7 cm³/mol. The lowest BCUT2D eigenvalue weighted by Crippen LogP contribution is -2.57. The summed E-state index contributed by atoms with van der Waals surface area (Å²) in [5.74, 6) is -0.871. The Balaban J connectivity index is 1.91. The van der Waals surface area contributed by atoms with Gasteiger partial charge >= 0.3 is 5.97 Å². The molecule has 1 unspecified atom stereocenters. The number of piperazine rings is 1. The molecule has 2 rings (SSSR count). The van der Waals surface area contributed by atoms with Crippen molar-refractivity contribution in [1.82, 2.24) is 10.2 Å². The monoisotopic (exact) mass is 361 g/mol. The highest BCUT2D eigenvalue weighted by Crippen LogP contribution is 2.12. The van der Waals surface area contributed by atoms with E-state index < -0.39 is 12.0 Å². The van der Waals surface area contributed by atoms with Crippen molar-refractivity contribution in [3.8, 4) is 0 Å². The van der Waals surface area contributed by atoms with Crippen LogP contribution < -0.4 is 10.6 Å². The smallest absolute Gasteiger partial charge is 0.307 e. The molecule has 2 N–H and O–H groups in total. The zero-order valence-electron chi connectivity index (χ0n) is 15.4. The maximum Gasteiger partial charge on any atom is 0.307 e. The summed E-state index contributed by atoms with van der Waals surface area (Å²) in [6, 6.07) is 6.82. The molecule has 7 nitrogen and oxygen atoms in total. The number of esters is 1.